The second-order valence-electron chi connectivity index (χ2n) is 9.73. The van der Waals surface area contributed by atoms with Gasteiger partial charge in [-0.05, 0) is 64.4 Å². The summed E-state index contributed by atoms with van der Waals surface area (Å²) in [4.78, 5) is 14.3. The molecule has 0 amide bonds. The molecule has 7 nitrogen and oxygen atoms in total. The van der Waals surface area contributed by atoms with Crippen molar-refractivity contribution in [2.75, 3.05) is 23.8 Å². The monoisotopic (exact) mass is 426 g/mol. The summed E-state index contributed by atoms with van der Waals surface area (Å²) in [6, 6.07) is 4.08. The molecule has 3 N–H and O–H groups in total. The van der Waals surface area contributed by atoms with Gasteiger partial charge in [0.25, 0.3) is 0 Å². The largest absolute Gasteiger partial charge is 0.381 e. The number of hydrogen-bond donors (Lipinski definition) is 3. The quantitative estimate of drug-likeness (QED) is 0.603. The summed E-state index contributed by atoms with van der Waals surface area (Å²) in [6.45, 7) is 10.4. The van der Waals surface area contributed by atoms with Crippen molar-refractivity contribution in [3.63, 3.8) is 0 Å². The number of anilines is 2. The Labute approximate surface area is 186 Å². The zero-order chi connectivity index (χ0) is 21.8. The van der Waals surface area contributed by atoms with Crippen LogP contribution in [0.5, 0.6) is 0 Å². The van der Waals surface area contributed by atoms with Gasteiger partial charge in [-0.2, -0.15) is 0 Å². The van der Waals surface area contributed by atoms with E-state index in [-0.39, 0.29) is 0 Å². The minimum Gasteiger partial charge on any atom is -0.381 e. The first-order valence-electron chi connectivity index (χ1n) is 12.0. The van der Waals surface area contributed by atoms with E-state index in [4.69, 9.17) is 14.7 Å². The van der Waals surface area contributed by atoms with E-state index in [0.717, 1.165) is 61.3 Å². The molecule has 1 saturated heterocycles. The summed E-state index contributed by atoms with van der Waals surface area (Å²) in [7, 11) is 0. The van der Waals surface area contributed by atoms with Gasteiger partial charge in [-0.15, -0.1) is 0 Å². The lowest BCUT2D eigenvalue weighted by Crippen LogP contribution is -2.44. The minimum atomic E-state index is 0.294. The van der Waals surface area contributed by atoms with Crippen LogP contribution in [0, 0.1) is 0 Å². The molecule has 31 heavy (non-hydrogen) atoms. The molecular weight excluding hydrogens is 388 g/mol. The molecular formula is C24H38N6O. The second kappa shape index (κ2) is 10.1. The molecule has 0 spiro atoms. The molecule has 0 radical (unpaired) electrons. The molecule has 2 aromatic heterocycles. The molecule has 2 fully saturated rings. The topological polar surface area (TPSA) is 84.0 Å². The van der Waals surface area contributed by atoms with E-state index >= 15 is 0 Å². The maximum absolute atomic E-state index is 5.48. The SMILES string of the molecule is CC(C)Nc1nc(C(C)C)cc2cnc(NC3CCC(NC4CCOCC4)CC3)nc12. The number of ether oxygens (including phenoxy) is 1. The van der Waals surface area contributed by atoms with Gasteiger partial charge in [0.15, 0.2) is 5.82 Å². The van der Waals surface area contributed by atoms with Gasteiger partial charge in [0, 0.05) is 54.7 Å². The average molecular weight is 427 g/mol. The fraction of sp³-hybridized carbons (Fsp3) is 0.708. The van der Waals surface area contributed by atoms with Crippen LogP contribution >= 0.6 is 0 Å². The van der Waals surface area contributed by atoms with E-state index in [0.29, 0.717) is 36.0 Å². The highest BCUT2D eigenvalue weighted by Gasteiger charge is 2.25. The van der Waals surface area contributed by atoms with Crippen LogP contribution < -0.4 is 16.0 Å². The van der Waals surface area contributed by atoms with Crippen LogP contribution in [0.3, 0.4) is 0 Å². The molecule has 3 heterocycles. The molecule has 0 atom stereocenters. The third-order valence-electron chi connectivity index (χ3n) is 6.36. The predicted octanol–water partition coefficient (Wildman–Crippen LogP) is 4.46. The molecule has 1 saturated carbocycles. The van der Waals surface area contributed by atoms with E-state index in [9.17, 15) is 0 Å². The van der Waals surface area contributed by atoms with Crippen molar-refractivity contribution in [1.29, 1.82) is 0 Å². The highest BCUT2D eigenvalue weighted by atomic mass is 16.5. The lowest BCUT2D eigenvalue weighted by molar-refractivity contribution is 0.0730. The molecule has 7 heteroatoms. The van der Waals surface area contributed by atoms with Gasteiger partial charge >= 0.3 is 0 Å². The van der Waals surface area contributed by atoms with Crippen molar-refractivity contribution in [2.24, 2.45) is 0 Å². The fourth-order valence-electron chi connectivity index (χ4n) is 4.58. The first-order chi connectivity index (χ1) is 15.0. The van der Waals surface area contributed by atoms with Gasteiger partial charge in [-0.25, -0.2) is 15.0 Å². The van der Waals surface area contributed by atoms with Crippen molar-refractivity contribution in [2.45, 2.75) is 96.3 Å². The third kappa shape index (κ3) is 5.83. The van der Waals surface area contributed by atoms with Crippen LogP contribution in [0.1, 0.15) is 77.8 Å². The molecule has 4 rings (SSSR count). The lowest BCUT2D eigenvalue weighted by Gasteiger charge is -2.33. The zero-order valence-corrected chi connectivity index (χ0v) is 19.4. The van der Waals surface area contributed by atoms with Crippen molar-refractivity contribution in [1.82, 2.24) is 20.3 Å². The fourth-order valence-corrected chi connectivity index (χ4v) is 4.58. The highest BCUT2D eigenvalue weighted by Crippen LogP contribution is 2.27. The summed E-state index contributed by atoms with van der Waals surface area (Å²) >= 11 is 0. The van der Waals surface area contributed by atoms with Crippen molar-refractivity contribution < 1.29 is 4.74 Å². The van der Waals surface area contributed by atoms with E-state index < -0.39 is 0 Å². The Morgan fingerprint density at radius 3 is 2.26 bits per heavy atom. The Balaban J connectivity index is 1.41. The van der Waals surface area contributed by atoms with E-state index in [1.165, 1.54) is 12.8 Å². The van der Waals surface area contributed by atoms with Crippen LogP contribution in [-0.2, 0) is 4.74 Å². The van der Waals surface area contributed by atoms with Gasteiger partial charge in [0.05, 0.1) is 0 Å². The van der Waals surface area contributed by atoms with Gasteiger partial charge in [-0.1, -0.05) is 13.8 Å². The van der Waals surface area contributed by atoms with E-state index in [2.05, 4.69) is 54.7 Å². The lowest BCUT2D eigenvalue weighted by atomic mass is 9.90. The first-order valence-corrected chi connectivity index (χ1v) is 12.0. The first kappa shape index (κ1) is 22.2. The second-order valence-corrected chi connectivity index (χ2v) is 9.73. The summed E-state index contributed by atoms with van der Waals surface area (Å²) in [6.07, 6.45) is 8.89. The summed E-state index contributed by atoms with van der Waals surface area (Å²) in [5, 5.41) is 12.0. The van der Waals surface area contributed by atoms with Gasteiger partial charge in [0.1, 0.15) is 5.52 Å². The number of nitrogens with zero attached hydrogens (tertiary/aromatic N) is 3. The zero-order valence-electron chi connectivity index (χ0n) is 19.4. The maximum Gasteiger partial charge on any atom is 0.223 e. The van der Waals surface area contributed by atoms with E-state index in [1.54, 1.807) is 0 Å². The average Bonchev–Trinajstić information content (AvgIpc) is 2.75. The number of pyridine rings is 1. The Morgan fingerprint density at radius 2 is 1.58 bits per heavy atom. The van der Waals surface area contributed by atoms with Gasteiger partial charge in [-0.3, -0.25) is 0 Å². The van der Waals surface area contributed by atoms with Crippen molar-refractivity contribution >= 4 is 22.7 Å². The molecule has 0 unspecified atom stereocenters. The Bertz CT molecular complexity index is 857. The van der Waals surface area contributed by atoms with Crippen LogP contribution in [0.2, 0.25) is 0 Å². The molecule has 0 aromatic carbocycles. The van der Waals surface area contributed by atoms with Crippen molar-refractivity contribution in [3.05, 3.63) is 18.0 Å². The van der Waals surface area contributed by atoms with Crippen LogP contribution in [0.4, 0.5) is 11.8 Å². The number of nitrogens with one attached hydrogen (secondary N) is 3. The summed E-state index contributed by atoms with van der Waals surface area (Å²) < 4.78 is 5.48. The number of fused-ring (bicyclic) bond motifs is 1. The van der Waals surface area contributed by atoms with E-state index in [1.807, 2.05) is 6.20 Å². The maximum atomic E-state index is 5.48. The van der Waals surface area contributed by atoms with Crippen LogP contribution in [0.15, 0.2) is 12.3 Å². The number of rotatable bonds is 7. The Morgan fingerprint density at radius 1 is 0.903 bits per heavy atom. The number of hydrogen-bond acceptors (Lipinski definition) is 7. The molecule has 2 aliphatic rings. The van der Waals surface area contributed by atoms with Crippen LogP contribution in [0.25, 0.3) is 10.9 Å². The predicted molar refractivity (Wildman–Crippen MR) is 127 cm³/mol. The molecule has 2 aromatic rings. The highest BCUT2D eigenvalue weighted by molar-refractivity contribution is 5.89. The Hall–Kier alpha value is -1.99. The minimum absolute atomic E-state index is 0.294. The van der Waals surface area contributed by atoms with Crippen molar-refractivity contribution in [3.8, 4) is 0 Å². The smallest absolute Gasteiger partial charge is 0.223 e. The third-order valence-corrected chi connectivity index (χ3v) is 6.36. The van der Waals surface area contributed by atoms with Gasteiger partial charge in [0.2, 0.25) is 5.95 Å². The molecule has 0 bridgehead atoms. The Kier molecular flexibility index (Phi) is 7.23. The standard InChI is InChI=1S/C24H38N6O/c1-15(2)21-13-17-14-25-24(30-22(17)23(29-21)26-16(3)4)28-19-7-5-18(6-8-19)27-20-9-11-31-12-10-20/h13-16,18-20,27H,5-12H2,1-4H3,(H,26,29)(H,25,28,30). The van der Waals surface area contributed by atoms with Gasteiger partial charge < -0.3 is 20.7 Å². The summed E-state index contributed by atoms with van der Waals surface area (Å²) in [5.74, 6) is 1.92. The number of aromatic nitrogens is 3. The molecule has 1 aliphatic heterocycles. The normalized spacial score (nSPS) is 22.9. The summed E-state index contributed by atoms with van der Waals surface area (Å²) in [5.41, 5.74) is 1.96. The molecule has 170 valence electrons. The molecule has 1 aliphatic carbocycles. The van der Waals surface area contributed by atoms with Crippen LogP contribution in [-0.4, -0.2) is 52.3 Å².